The number of sulfone groups is 1. The van der Waals surface area contributed by atoms with Crippen LogP contribution in [0.1, 0.15) is 18.1 Å². The monoisotopic (exact) mass is 221 g/mol. The molecule has 1 atom stereocenters. The maximum atomic E-state index is 11.1. The molecule has 72 valence electrons. The fourth-order valence-corrected chi connectivity index (χ4v) is 3.36. The normalized spacial score (nSPS) is 26.4. The van der Waals surface area contributed by atoms with Gasteiger partial charge >= 0.3 is 0 Å². The van der Waals surface area contributed by atoms with Gasteiger partial charge < -0.3 is 4.42 Å². The molecular weight excluding hydrogens is 214 g/mol. The van der Waals surface area contributed by atoms with Gasteiger partial charge in [-0.25, -0.2) is 13.4 Å². The van der Waals surface area contributed by atoms with Gasteiger partial charge in [0.2, 0.25) is 0 Å². The Hall–Kier alpha value is -0.550. The summed E-state index contributed by atoms with van der Waals surface area (Å²) in [4.78, 5) is 3.71. The van der Waals surface area contributed by atoms with Crippen LogP contribution >= 0.6 is 11.6 Å². The van der Waals surface area contributed by atoms with Crippen molar-refractivity contribution in [1.82, 2.24) is 4.98 Å². The van der Waals surface area contributed by atoms with Crippen molar-refractivity contribution in [1.29, 1.82) is 0 Å². The van der Waals surface area contributed by atoms with Gasteiger partial charge in [-0.15, -0.1) is 0 Å². The number of hydrogen-bond donors (Lipinski definition) is 0. The molecular formula is C7H8ClNO3S. The molecule has 1 aliphatic heterocycles. The Labute approximate surface area is 80.8 Å². The standard InChI is InChI=1S/C7H8ClNO3S/c8-7-9-3-6(12-7)5-1-2-13(10,11)4-5/h3,5H,1-2,4H2. The number of rotatable bonds is 1. The lowest BCUT2D eigenvalue weighted by Gasteiger charge is -1.99. The fourth-order valence-electron chi connectivity index (χ4n) is 1.47. The largest absolute Gasteiger partial charge is 0.432 e. The third-order valence-electron chi connectivity index (χ3n) is 2.13. The average molecular weight is 222 g/mol. The van der Waals surface area contributed by atoms with E-state index in [-0.39, 0.29) is 22.8 Å². The summed E-state index contributed by atoms with van der Waals surface area (Å²) in [6, 6.07) is 0. The summed E-state index contributed by atoms with van der Waals surface area (Å²) in [5.41, 5.74) is 0. The van der Waals surface area contributed by atoms with Gasteiger partial charge in [0.25, 0.3) is 5.35 Å². The molecule has 0 aromatic carbocycles. The summed E-state index contributed by atoms with van der Waals surface area (Å²) in [5, 5.41) is 0.0688. The van der Waals surface area contributed by atoms with E-state index in [2.05, 4.69) is 4.98 Å². The number of halogens is 1. The summed E-state index contributed by atoms with van der Waals surface area (Å²) < 4.78 is 27.3. The van der Waals surface area contributed by atoms with Crippen LogP contribution in [0.5, 0.6) is 0 Å². The summed E-state index contributed by atoms with van der Waals surface area (Å²) >= 11 is 5.48. The zero-order valence-corrected chi connectivity index (χ0v) is 8.31. The first-order valence-corrected chi connectivity index (χ1v) is 6.08. The van der Waals surface area contributed by atoms with Crippen LogP contribution in [-0.2, 0) is 9.84 Å². The number of hydrogen-bond acceptors (Lipinski definition) is 4. The summed E-state index contributed by atoms with van der Waals surface area (Å²) in [5.74, 6) is 0.894. The van der Waals surface area contributed by atoms with Gasteiger partial charge in [0.15, 0.2) is 9.84 Å². The van der Waals surface area contributed by atoms with Crippen LogP contribution < -0.4 is 0 Å². The van der Waals surface area contributed by atoms with Crippen LogP contribution in [0.4, 0.5) is 0 Å². The maximum Gasteiger partial charge on any atom is 0.292 e. The van der Waals surface area contributed by atoms with Gasteiger partial charge in [-0.3, -0.25) is 0 Å². The molecule has 6 heteroatoms. The van der Waals surface area contributed by atoms with E-state index in [0.29, 0.717) is 12.2 Å². The SMILES string of the molecule is O=S1(=O)CCC(c2cnc(Cl)o2)C1. The molecule has 1 aromatic rings. The third-order valence-corrected chi connectivity index (χ3v) is 4.07. The van der Waals surface area contributed by atoms with E-state index in [1.54, 1.807) is 0 Å². The van der Waals surface area contributed by atoms with Gasteiger partial charge in [0, 0.05) is 5.92 Å². The van der Waals surface area contributed by atoms with E-state index in [0.717, 1.165) is 0 Å². The van der Waals surface area contributed by atoms with Crippen molar-refractivity contribution in [2.75, 3.05) is 11.5 Å². The third kappa shape index (κ3) is 1.86. The highest BCUT2D eigenvalue weighted by Gasteiger charge is 2.31. The van der Waals surface area contributed by atoms with Crippen LogP contribution in [0.15, 0.2) is 10.6 Å². The van der Waals surface area contributed by atoms with Crippen molar-refractivity contribution in [3.05, 3.63) is 17.3 Å². The highest BCUT2D eigenvalue weighted by molar-refractivity contribution is 7.91. The van der Waals surface area contributed by atoms with E-state index in [1.807, 2.05) is 0 Å². The second-order valence-corrected chi connectivity index (χ2v) is 5.67. The predicted octanol–water partition coefficient (Wildman–Crippen LogP) is 1.23. The fraction of sp³-hybridized carbons (Fsp3) is 0.571. The Balaban J connectivity index is 2.21. The van der Waals surface area contributed by atoms with Gasteiger partial charge in [-0.2, -0.15) is 0 Å². The molecule has 2 rings (SSSR count). The Kier molecular flexibility index (Phi) is 2.08. The van der Waals surface area contributed by atoms with Crippen molar-refractivity contribution < 1.29 is 12.8 Å². The van der Waals surface area contributed by atoms with Crippen LogP contribution in [-0.4, -0.2) is 24.9 Å². The van der Waals surface area contributed by atoms with Gasteiger partial charge in [-0.05, 0) is 18.0 Å². The maximum absolute atomic E-state index is 11.1. The van der Waals surface area contributed by atoms with Crippen LogP contribution in [0, 0.1) is 0 Å². The molecule has 1 aliphatic rings. The molecule has 0 amide bonds. The van der Waals surface area contributed by atoms with Crippen molar-refractivity contribution in [3.63, 3.8) is 0 Å². The smallest absolute Gasteiger partial charge is 0.292 e. The van der Waals surface area contributed by atoms with E-state index >= 15 is 0 Å². The van der Waals surface area contributed by atoms with Gasteiger partial charge in [0.05, 0.1) is 17.7 Å². The zero-order valence-electron chi connectivity index (χ0n) is 6.73. The molecule has 1 unspecified atom stereocenters. The lowest BCUT2D eigenvalue weighted by Crippen LogP contribution is -2.02. The summed E-state index contributed by atoms with van der Waals surface area (Å²) in [6.07, 6.45) is 2.10. The second-order valence-electron chi connectivity index (χ2n) is 3.12. The van der Waals surface area contributed by atoms with Crippen LogP contribution in [0.3, 0.4) is 0 Å². The Morgan fingerprint density at radius 1 is 1.62 bits per heavy atom. The minimum atomic E-state index is -2.87. The summed E-state index contributed by atoms with van der Waals surface area (Å²) in [7, 11) is -2.87. The van der Waals surface area contributed by atoms with E-state index in [1.165, 1.54) is 6.20 Å². The molecule has 0 N–H and O–H groups in total. The van der Waals surface area contributed by atoms with E-state index in [4.69, 9.17) is 16.0 Å². The Morgan fingerprint density at radius 3 is 2.85 bits per heavy atom. The van der Waals surface area contributed by atoms with E-state index in [9.17, 15) is 8.42 Å². The van der Waals surface area contributed by atoms with Crippen molar-refractivity contribution in [2.45, 2.75) is 12.3 Å². The van der Waals surface area contributed by atoms with Crippen LogP contribution in [0.25, 0.3) is 0 Å². The van der Waals surface area contributed by atoms with Crippen molar-refractivity contribution in [3.8, 4) is 0 Å². The Bertz CT molecular complexity index is 411. The topological polar surface area (TPSA) is 60.2 Å². The Morgan fingerprint density at radius 2 is 2.38 bits per heavy atom. The summed E-state index contributed by atoms with van der Waals surface area (Å²) in [6.45, 7) is 0. The molecule has 4 nitrogen and oxygen atoms in total. The molecule has 1 saturated heterocycles. The van der Waals surface area contributed by atoms with Gasteiger partial charge in [0.1, 0.15) is 5.76 Å². The minimum absolute atomic E-state index is 0.0648. The van der Waals surface area contributed by atoms with E-state index < -0.39 is 9.84 Å². The second kappa shape index (κ2) is 2.99. The molecule has 1 fully saturated rings. The molecule has 0 aliphatic carbocycles. The predicted molar refractivity (Wildman–Crippen MR) is 47.5 cm³/mol. The lowest BCUT2D eigenvalue weighted by molar-refractivity contribution is 0.475. The highest BCUT2D eigenvalue weighted by atomic mass is 35.5. The molecule has 0 radical (unpaired) electrons. The first kappa shape index (κ1) is 9.02. The lowest BCUT2D eigenvalue weighted by atomic mass is 10.1. The van der Waals surface area contributed by atoms with Gasteiger partial charge in [-0.1, -0.05) is 0 Å². The molecule has 0 spiro atoms. The molecule has 0 saturated carbocycles. The zero-order chi connectivity index (χ0) is 9.47. The molecule has 2 heterocycles. The molecule has 1 aromatic heterocycles. The molecule has 13 heavy (non-hydrogen) atoms. The molecule has 0 bridgehead atoms. The first-order chi connectivity index (χ1) is 6.07. The van der Waals surface area contributed by atoms with Crippen molar-refractivity contribution >= 4 is 21.4 Å². The first-order valence-electron chi connectivity index (χ1n) is 3.88. The number of nitrogens with zero attached hydrogens (tertiary/aromatic N) is 1. The average Bonchev–Trinajstić information content (AvgIpc) is 2.56. The quantitative estimate of drug-likeness (QED) is 0.716. The number of oxazole rings is 1. The highest BCUT2D eigenvalue weighted by Crippen LogP contribution is 2.29. The minimum Gasteiger partial charge on any atom is -0.432 e. The van der Waals surface area contributed by atoms with Crippen molar-refractivity contribution in [2.24, 2.45) is 0 Å². The van der Waals surface area contributed by atoms with Crippen LogP contribution in [0.2, 0.25) is 5.35 Å². The number of aromatic nitrogens is 1.